The van der Waals surface area contributed by atoms with Crippen LogP contribution in [0.15, 0.2) is 28.2 Å². The summed E-state index contributed by atoms with van der Waals surface area (Å²) in [4.78, 5) is 15.1. The van der Waals surface area contributed by atoms with Crippen LogP contribution in [0, 0.1) is 13.8 Å². The van der Waals surface area contributed by atoms with Gasteiger partial charge in [-0.1, -0.05) is 35.5 Å². The molecule has 2 aromatic heterocycles. The topological polar surface area (TPSA) is 63.0 Å². The Hall–Kier alpha value is -2.08. The summed E-state index contributed by atoms with van der Waals surface area (Å²) < 4.78 is 2.05. The lowest BCUT2D eigenvalue weighted by Gasteiger charge is -2.16. The van der Waals surface area contributed by atoms with E-state index in [0.717, 1.165) is 47.8 Å². The van der Waals surface area contributed by atoms with Crippen molar-refractivity contribution in [3.05, 3.63) is 56.5 Å². The summed E-state index contributed by atoms with van der Waals surface area (Å²) in [6, 6.07) is 6.52. The van der Waals surface area contributed by atoms with Crippen LogP contribution in [-0.2, 0) is 18.6 Å². The summed E-state index contributed by atoms with van der Waals surface area (Å²) in [6.45, 7) is 4.25. The molecule has 124 valence electrons. The van der Waals surface area contributed by atoms with E-state index in [2.05, 4.69) is 47.2 Å². The van der Waals surface area contributed by atoms with Gasteiger partial charge in [0.05, 0.1) is 0 Å². The summed E-state index contributed by atoms with van der Waals surface area (Å²) in [5.41, 5.74) is 5.86. The highest BCUT2D eigenvalue weighted by atomic mass is 32.2. The number of aromatic amines is 1. The standard InChI is InChI=1S/C18H20N4OS/c1-11-7-8-12(2)13(9-11)10-24-18-21-20-17-19-16(23)14-5-3-4-6-15(14)22(17)18/h7-9H,3-6,10H2,1-2H3,(H,19,20,23). The first kappa shape index (κ1) is 15.4. The molecule has 24 heavy (non-hydrogen) atoms. The molecule has 0 unspecified atom stereocenters. The van der Waals surface area contributed by atoms with Gasteiger partial charge in [-0.2, -0.15) is 0 Å². The number of aryl methyl sites for hydroxylation is 3. The molecule has 2 heterocycles. The van der Waals surface area contributed by atoms with Crippen LogP contribution in [-0.4, -0.2) is 19.6 Å². The van der Waals surface area contributed by atoms with Crippen molar-refractivity contribution in [3.8, 4) is 0 Å². The fourth-order valence-corrected chi connectivity index (χ4v) is 4.36. The summed E-state index contributed by atoms with van der Waals surface area (Å²) in [5.74, 6) is 1.41. The fraction of sp³-hybridized carbons (Fsp3) is 0.389. The molecule has 4 rings (SSSR count). The van der Waals surface area contributed by atoms with Crippen molar-refractivity contribution < 1.29 is 0 Å². The molecule has 0 radical (unpaired) electrons. The van der Waals surface area contributed by atoms with Crippen LogP contribution in [0.2, 0.25) is 0 Å². The Balaban J connectivity index is 1.72. The molecule has 0 saturated heterocycles. The highest BCUT2D eigenvalue weighted by Gasteiger charge is 2.20. The van der Waals surface area contributed by atoms with Crippen LogP contribution < -0.4 is 5.56 Å². The van der Waals surface area contributed by atoms with E-state index in [9.17, 15) is 4.79 Å². The monoisotopic (exact) mass is 340 g/mol. The van der Waals surface area contributed by atoms with Crippen molar-refractivity contribution in [3.63, 3.8) is 0 Å². The smallest absolute Gasteiger partial charge is 0.255 e. The minimum absolute atomic E-state index is 0.00400. The van der Waals surface area contributed by atoms with E-state index in [1.807, 2.05) is 4.40 Å². The second-order valence-corrected chi connectivity index (χ2v) is 7.39. The fourth-order valence-electron chi connectivity index (χ4n) is 3.34. The summed E-state index contributed by atoms with van der Waals surface area (Å²) >= 11 is 1.68. The summed E-state index contributed by atoms with van der Waals surface area (Å²) in [7, 11) is 0. The second-order valence-electron chi connectivity index (χ2n) is 6.45. The zero-order valence-corrected chi connectivity index (χ0v) is 14.7. The van der Waals surface area contributed by atoms with Gasteiger partial charge in [0.1, 0.15) is 0 Å². The second kappa shape index (κ2) is 6.09. The highest BCUT2D eigenvalue weighted by molar-refractivity contribution is 7.98. The number of benzene rings is 1. The first-order valence-electron chi connectivity index (χ1n) is 8.31. The van der Waals surface area contributed by atoms with Gasteiger partial charge in [0.25, 0.3) is 5.56 Å². The lowest BCUT2D eigenvalue weighted by atomic mass is 9.97. The third kappa shape index (κ3) is 2.65. The Morgan fingerprint density at radius 2 is 2.04 bits per heavy atom. The average Bonchev–Trinajstić information content (AvgIpc) is 2.99. The maximum absolute atomic E-state index is 12.2. The minimum atomic E-state index is -0.00400. The number of nitrogens with one attached hydrogen (secondary N) is 1. The molecular formula is C18H20N4OS. The summed E-state index contributed by atoms with van der Waals surface area (Å²) in [5, 5.41) is 9.36. The zero-order chi connectivity index (χ0) is 16.7. The Labute approximate surface area is 144 Å². The molecule has 1 aliphatic carbocycles. The van der Waals surface area contributed by atoms with E-state index in [1.54, 1.807) is 11.8 Å². The molecule has 1 aromatic carbocycles. The normalized spacial score (nSPS) is 14.1. The van der Waals surface area contributed by atoms with Gasteiger partial charge < -0.3 is 0 Å². The van der Waals surface area contributed by atoms with Crippen LogP contribution in [0.1, 0.15) is 40.8 Å². The molecule has 1 N–H and O–H groups in total. The average molecular weight is 340 g/mol. The molecule has 0 amide bonds. The maximum Gasteiger partial charge on any atom is 0.255 e. The molecule has 0 saturated carbocycles. The van der Waals surface area contributed by atoms with Crippen LogP contribution >= 0.6 is 11.8 Å². The minimum Gasteiger partial charge on any atom is -0.290 e. The van der Waals surface area contributed by atoms with Crippen LogP contribution in [0.25, 0.3) is 5.78 Å². The number of nitrogens with zero attached hydrogens (tertiary/aromatic N) is 3. The molecule has 0 fully saturated rings. The van der Waals surface area contributed by atoms with E-state index < -0.39 is 0 Å². The van der Waals surface area contributed by atoms with E-state index in [0.29, 0.717) is 5.78 Å². The molecule has 6 heteroatoms. The van der Waals surface area contributed by atoms with E-state index in [4.69, 9.17) is 0 Å². The Bertz CT molecular complexity index is 973. The number of hydrogen-bond donors (Lipinski definition) is 1. The Morgan fingerprint density at radius 1 is 1.21 bits per heavy atom. The van der Waals surface area contributed by atoms with Crippen molar-refractivity contribution >= 4 is 17.5 Å². The van der Waals surface area contributed by atoms with Gasteiger partial charge in [-0.05, 0) is 50.7 Å². The predicted molar refractivity (Wildman–Crippen MR) is 95.7 cm³/mol. The van der Waals surface area contributed by atoms with E-state index in [-0.39, 0.29) is 5.56 Å². The molecule has 0 spiro atoms. The van der Waals surface area contributed by atoms with Gasteiger partial charge >= 0.3 is 0 Å². The number of fused-ring (bicyclic) bond motifs is 3. The number of rotatable bonds is 3. The molecule has 0 bridgehead atoms. The van der Waals surface area contributed by atoms with Crippen molar-refractivity contribution in [2.75, 3.05) is 0 Å². The van der Waals surface area contributed by atoms with Crippen molar-refractivity contribution in [1.29, 1.82) is 0 Å². The lowest BCUT2D eigenvalue weighted by molar-refractivity contribution is 0.639. The largest absolute Gasteiger partial charge is 0.290 e. The third-order valence-electron chi connectivity index (χ3n) is 4.70. The van der Waals surface area contributed by atoms with Gasteiger partial charge in [-0.25, -0.2) is 0 Å². The highest BCUT2D eigenvalue weighted by Crippen LogP contribution is 2.27. The number of hydrogen-bond acceptors (Lipinski definition) is 4. The van der Waals surface area contributed by atoms with Gasteiger partial charge in [0.15, 0.2) is 5.16 Å². The van der Waals surface area contributed by atoms with Crippen molar-refractivity contribution in [2.24, 2.45) is 0 Å². The summed E-state index contributed by atoms with van der Waals surface area (Å²) in [6.07, 6.45) is 3.96. The quantitative estimate of drug-likeness (QED) is 0.744. The van der Waals surface area contributed by atoms with Crippen LogP contribution in [0.5, 0.6) is 0 Å². The SMILES string of the molecule is Cc1ccc(C)c(CSc2nnc3[nH]c(=O)c4c(n23)CCCC4)c1. The molecule has 1 aliphatic rings. The number of H-pyrrole nitrogens is 1. The van der Waals surface area contributed by atoms with Gasteiger partial charge in [0.2, 0.25) is 5.78 Å². The lowest BCUT2D eigenvalue weighted by Crippen LogP contribution is -2.22. The molecular weight excluding hydrogens is 320 g/mol. The number of aromatic nitrogens is 4. The van der Waals surface area contributed by atoms with Gasteiger partial charge in [0, 0.05) is 17.0 Å². The number of thioether (sulfide) groups is 1. The van der Waals surface area contributed by atoms with E-state index >= 15 is 0 Å². The molecule has 5 nitrogen and oxygen atoms in total. The van der Waals surface area contributed by atoms with Crippen LogP contribution in [0.3, 0.4) is 0 Å². The zero-order valence-electron chi connectivity index (χ0n) is 13.9. The van der Waals surface area contributed by atoms with Crippen LogP contribution in [0.4, 0.5) is 0 Å². The first-order chi connectivity index (χ1) is 11.6. The maximum atomic E-state index is 12.2. The Morgan fingerprint density at radius 3 is 2.92 bits per heavy atom. The molecule has 3 aromatic rings. The Kier molecular flexibility index (Phi) is 3.92. The van der Waals surface area contributed by atoms with Gasteiger partial charge in [-0.3, -0.25) is 14.2 Å². The molecule has 0 aliphatic heterocycles. The predicted octanol–water partition coefficient (Wildman–Crippen LogP) is 3.21. The first-order valence-corrected chi connectivity index (χ1v) is 9.30. The van der Waals surface area contributed by atoms with Crippen molar-refractivity contribution in [1.82, 2.24) is 19.6 Å². The van der Waals surface area contributed by atoms with Crippen molar-refractivity contribution in [2.45, 2.75) is 50.4 Å². The molecule has 0 atom stereocenters. The van der Waals surface area contributed by atoms with Gasteiger partial charge in [-0.15, -0.1) is 10.2 Å². The van der Waals surface area contributed by atoms with E-state index in [1.165, 1.54) is 16.7 Å². The third-order valence-corrected chi connectivity index (χ3v) is 5.68.